The molecule has 0 unspecified atom stereocenters. The van der Waals surface area contributed by atoms with Crippen LogP contribution in [0.5, 0.6) is 11.5 Å². The lowest BCUT2D eigenvalue weighted by Crippen LogP contribution is -2.44. The summed E-state index contributed by atoms with van der Waals surface area (Å²) in [5.74, 6) is 0.230. The number of nitro groups is 1. The van der Waals surface area contributed by atoms with Gasteiger partial charge in [0.15, 0.2) is 11.5 Å². The van der Waals surface area contributed by atoms with Crippen LogP contribution in [0.25, 0.3) is 0 Å². The number of carbonyl (C=O) groups is 1. The highest BCUT2D eigenvalue weighted by Crippen LogP contribution is 2.35. The number of amides is 1. The third kappa shape index (κ3) is 4.73. The van der Waals surface area contributed by atoms with Crippen molar-refractivity contribution in [2.75, 3.05) is 33.9 Å². The van der Waals surface area contributed by atoms with Crippen molar-refractivity contribution in [1.29, 1.82) is 0 Å². The van der Waals surface area contributed by atoms with Gasteiger partial charge in [-0.25, -0.2) is 0 Å². The second kappa shape index (κ2) is 9.43. The molecule has 0 saturated carbocycles. The lowest BCUT2D eigenvalue weighted by Gasteiger charge is -2.31. The molecule has 1 heterocycles. The predicted molar refractivity (Wildman–Crippen MR) is 96.1 cm³/mol. The molecule has 25 heavy (non-hydrogen) atoms. The number of piperidine rings is 1. The molecule has 1 aromatic carbocycles. The highest BCUT2D eigenvalue weighted by molar-refractivity contribution is 5.99. The Kier molecular flexibility index (Phi) is 7.92. The zero-order valence-electron chi connectivity index (χ0n) is 14.6. The smallest absolute Gasteiger partial charge is 0.286 e. The van der Waals surface area contributed by atoms with E-state index in [1.54, 1.807) is 11.8 Å². The van der Waals surface area contributed by atoms with Crippen LogP contribution in [0.4, 0.5) is 5.69 Å². The first-order valence-electron chi connectivity index (χ1n) is 7.97. The van der Waals surface area contributed by atoms with E-state index < -0.39 is 4.92 Å². The molecular formula is C16H24ClN3O5. The SMILES string of the molecule is CCOc1cc(C(=O)N2CCC(NC)CC2)c([N+](=O)[O-])cc1OC.Cl. The third-order valence-corrected chi connectivity index (χ3v) is 4.20. The molecule has 1 aliphatic heterocycles. The summed E-state index contributed by atoms with van der Waals surface area (Å²) in [5, 5.41) is 14.6. The molecule has 0 spiro atoms. The van der Waals surface area contributed by atoms with Crippen LogP contribution in [0.3, 0.4) is 0 Å². The molecule has 8 nitrogen and oxygen atoms in total. The number of benzene rings is 1. The number of carbonyl (C=O) groups excluding carboxylic acids is 1. The Hall–Kier alpha value is -2.06. The first kappa shape index (κ1) is 21.0. The Morgan fingerprint density at radius 2 is 2.00 bits per heavy atom. The van der Waals surface area contributed by atoms with Crippen LogP contribution in [0.15, 0.2) is 12.1 Å². The van der Waals surface area contributed by atoms with Crippen molar-refractivity contribution < 1.29 is 19.2 Å². The summed E-state index contributed by atoms with van der Waals surface area (Å²) < 4.78 is 10.6. The normalized spacial score (nSPS) is 14.6. The quantitative estimate of drug-likeness (QED) is 0.607. The number of nitro benzene ring substituents is 1. The van der Waals surface area contributed by atoms with E-state index in [1.807, 2.05) is 7.05 Å². The first-order valence-corrected chi connectivity index (χ1v) is 7.97. The minimum absolute atomic E-state index is 0. The Labute approximate surface area is 153 Å². The molecule has 140 valence electrons. The number of rotatable bonds is 6. The average Bonchev–Trinajstić information content (AvgIpc) is 2.61. The van der Waals surface area contributed by atoms with E-state index in [0.717, 1.165) is 12.8 Å². The predicted octanol–water partition coefficient (Wildman–Crippen LogP) is 2.25. The van der Waals surface area contributed by atoms with Crippen LogP contribution in [0.1, 0.15) is 30.1 Å². The molecule has 2 rings (SSSR count). The second-order valence-electron chi connectivity index (χ2n) is 5.57. The molecule has 1 aromatic rings. The molecule has 1 saturated heterocycles. The topological polar surface area (TPSA) is 93.9 Å². The zero-order valence-corrected chi connectivity index (χ0v) is 15.4. The summed E-state index contributed by atoms with van der Waals surface area (Å²) >= 11 is 0. The Morgan fingerprint density at radius 3 is 2.48 bits per heavy atom. The van der Waals surface area contributed by atoms with E-state index >= 15 is 0 Å². The van der Waals surface area contributed by atoms with Gasteiger partial charge in [0.2, 0.25) is 0 Å². The fourth-order valence-corrected chi connectivity index (χ4v) is 2.84. The molecule has 1 aliphatic rings. The van der Waals surface area contributed by atoms with Crippen molar-refractivity contribution >= 4 is 24.0 Å². The summed E-state index contributed by atoms with van der Waals surface area (Å²) in [7, 11) is 3.30. The molecule has 0 bridgehead atoms. The molecule has 0 aliphatic carbocycles. The molecule has 0 aromatic heterocycles. The lowest BCUT2D eigenvalue weighted by molar-refractivity contribution is -0.385. The van der Waals surface area contributed by atoms with E-state index in [9.17, 15) is 14.9 Å². The Balaban J connectivity index is 0.00000312. The van der Waals surface area contributed by atoms with Gasteiger partial charge >= 0.3 is 0 Å². The number of hydrogen-bond acceptors (Lipinski definition) is 6. The number of nitrogens with one attached hydrogen (secondary N) is 1. The fraction of sp³-hybridized carbons (Fsp3) is 0.562. The van der Waals surface area contributed by atoms with Crippen LogP contribution in [0, 0.1) is 10.1 Å². The zero-order chi connectivity index (χ0) is 17.7. The van der Waals surface area contributed by atoms with Crippen LogP contribution < -0.4 is 14.8 Å². The Morgan fingerprint density at radius 1 is 1.36 bits per heavy atom. The van der Waals surface area contributed by atoms with Crippen LogP contribution in [-0.4, -0.2) is 55.6 Å². The van der Waals surface area contributed by atoms with Crippen molar-refractivity contribution in [2.45, 2.75) is 25.8 Å². The molecule has 1 N–H and O–H groups in total. The molecule has 0 atom stereocenters. The molecule has 0 radical (unpaired) electrons. The maximum Gasteiger partial charge on any atom is 0.286 e. The summed E-state index contributed by atoms with van der Waals surface area (Å²) in [5.41, 5.74) is -0.233. The van der Waals surface area contributed by atoms with Crippen LogP contribution >= 0.6 is 12.4 Å². The number of likely N-dealkylation sites (tertiary alicyclic amines) is 1. The number of halogens is 1. The van der Waals surface area contributed by atoms with E-state index in [0.29, 0.717) is 31.5 Å². The third-order valence-electron chi connectivity index (χ3n) is 4.20. The maximum atomic E-state index is 12.8. The maximum absolute atomic E-state index is 12.8. The average molecular weight is 374 g/mol. The number of nitrogens with zero attached hydrogens (tertiary/aromatic N) is 2. The highest BCUT2D eigenvalue weighted by Gasteiger charge is 2.30. The van der Waals surface area contributed by atoms with Gasteiger partial charge in [0.05, 0.1) is 24.7 Å². The van der Waals surface area contributed by atoms with Gasteiger partial charge in [0, 0.05) is 25.2 Å². The van der Waals surface area contributed by atoms with Crippen LogP contribution in [0.2, 0.25) is 0 Å². The number of hydrogen-bond donors (Lipinski definition) is 1. The number of methoxy groups -OCH3 is 1. The van der Waals surface area contributed by atoms with Gasteiger partial charge in [-0.3, -0.25) is 14.9 Å². The van der Waals surface area contributed by atoms with Crippen molar-refractivity contribution in [2.24, 2.45) is 0 Å². The van der Waals surface area contributed by atoms with Crippen molar-refractivity contribution in [3.63, 3.8) is 0 Å². The second-order valence-corrected chi connectivity index (χ2v) is 5.57. The van der Waals surface area contributed by atoms with Gasteiger partial charge in [-0.1, -0.05) is 0 Å². The summed E-state index contributed by atoms with van der Waals surface area (Å²) in [4.78, 5) is 25.2. The van der Waals surface area contributed by atoms with E-state index in [2.05, 4.69) is 5.32 Å². The molecule has 1 fully saturated rings. The Bertz CT molecular complexity index is 618. The first-order chi connectivity index (χ1) is 11.5. The van der Waals surface area contributed by atoms with E-state index in [4.69, 9.17) is 9.47 Å². The molecular weight excluding hydrogens is 350 g/mol. The lowest BCUT2D eigenvalue weighted by atomic mass is 10.0. The van der Waals surface area contributed by atoms with E-state index in [1.165, 1.54) is 19.2 Å². The standard InChI is InChI=1S/C16H23N3O5.ClH/c1-4-24-15-9-12(13(19(21)22)10-14(15)23-3)16(20)18-7-5-11(17-2)6-8-18;/h9-11,17H,4-8H2,1-3H3;1H. The molecule has 1 amide bonds. The number of ether oxygens (including phenoxy) is 2. The summed E-state index contributed by atoms with van der Waals surface area (Å²) in [6.07, 6.45) is 1.65. The van der Waals surface area contributed by atoms with E-state index in [-0.39, 0.29) is 35.3 Å². The largest absolute Gasteiger partial charge is 0.493 e. The minimum atomic E-state index is -0.564. The fourth-order valence-electron chi connectivity index (χ4n) is 2.84. The van der Waals surface area contributed by atoms with Crippen molar-refractivity contribution in [3.8, 4) is 11.5 Å². The summed E-state index contributed by atoms with van der Waals surface area (Å²) in [6, 6.07) is 3.03. The monoisotopic (exact) mass is 373 g/mol. The van der Waals surface area contributed by atoms with Gasteiger partial charge in [0.1, 0.15) is 5.56 Å². The van der Waals surface area contributed by atoms with Crippen molar-refractivity contribution in [1.82, 2.24) is 10.2 Å². The van der Waals surface area contributed by atoms with Gasteiger partial charge in [-0.2, -0.15) is 0 Å². The van der Waals surface area contributed by atoms with Crippen LogP contribution in [-0.2, 0) is 0 Å². The molecule has 9 heteroatoms. The minimum Gasteiger partial charge on any atom is -0.493 e. The van der Waals surface area contributed by atoms with Crippen molar-refractivity contribution in [3.05, 3.63) is 27.8 Å². The van der Waals surface area contributed by atoms with Gasteiger partial charge in [-0.05, 0) is 26.8 Å². The van der Waals surface area contributed by atoms with Gasteiger partial charge in [-0.15, -0.1) is 12.4 Å². The van der Waals surface area contributed by atoms with Gasteiger partial charge in [0.25, 0.3) is 11.6 Å². The summed E-state index contributed by atoms with van der Waals surface area (Å²) in [6.45, 7) is 3.30. The van der Waals surface area contributed by atoms with Gasteiger partial charge < -0.3 is 19.7 Å². The highest BCUT2D eigenvalue weighted by atomic mass is 35.5.